The lowest BCUT2D eigenvalue weighted by Crippen LogP contribution is -2.35. The van der Waals surface area contributed by atoms with Crippen molar-refractivity contribution in [2.45, 2.75) is 19.4 Å². The van der Waals surface area contributed by atoms with E-state index in [1.807, 2.05) is 0 Å². The highest BCUT2D eigenvalue weighted by Gasteiger charge is 2.29. The maximum Gasteiger partial charge on any atom is 0.311 e. The van der Waals surface area contributed by atoms with Gasteiger partial charge in [0.2, 0.25) is 17.6 Å². The maximum absolute atomic E-state index is 11.1. The van der Waals surface area contributed by atoms with Crippen molar-refractivity contribution in [1.29, 1.82) is 0 Å². The molecular weight excluding hydrogens is 264 g/mol. The molecule has 1 unspecified atom stereocenters. The molecule has 1 aliphatic heterocycles. The number of nitrogens with one attached hydrogen (secondary N) is 1. The van der Waals surface area contributed by atoms with Crippen LogP contribution in [-0.2, 0) is 4.79 Å². The van der Waals surface area contributed by atoms with Gasteiger partial charge in [-0.15, -0.1) is 0 Å². The molecule has 0 radical (unpaired) electrons. The van der Waals surface area contributed by atoms with Crippen LogP contribution in [0.25, 0.3) is 0 Å². The van der Waals surface area contributed by atoms with Crippen LogP contribution in [0.1, 0.15) is 13.3 Å². The third kappa shape index (κ3) is 2.95. The van der Waals surface area contributed by atoms with Gasteiger partial charge in [-0.2, -0.15) is 4.98 Å². The highest BCUT2D eigenvalue weighted by molar-refractivity contribution is 5.73. The summed E-state index contributed by atoms with van der Waals surface area (Å²) in [6, 6.07) is 2.83. The van der Waals surface area contributed by atoms with E-state index >= 15 is 0 Å². The van der Waals surface area contributed by atoms with Crippen molar-refractivity contribution < 1.29 is 14.5 Å². The third-order valence-electron chi connectivity index (χ3n) is 3.13. The molecular formula is C12H16N4O4. The van der Waals surface area contributed by atoms with Crippen LogP contribution in [-0.4, -0.2) is 42.1 Å². The summed E-state index contributed by atoms with van der Waals surface area (Å²) in [6.45, 7) is 2.56. The second-order valence-corrected chi connectivity index (χ2v) is 4.59. The summed E-state index contributed by atoms with van der Waals surface area (Å²) in [7, 11) is 1.46. The van der Waals surface area contributed by atoms with Crippen LogP contribution in [0.15, 0.2) is 12.1 Å². The first-order chi connectivity index (χ1) is 9.51. The summed E-state index contributed by atoms with van der Waals surface area (Å²) in [5.74, 6) is 0.501. The van der Waals surface area contributed by atoms with Crippen molar-refractivity contribution in [2.24, 2.45) is 0 Å². The SMILES string of the molecule is COc1ccc([N+](=O)[O-])c(N2CCC(NC(C)=O)C2)n1. The molecule has 0 saturated carbocycles. The van der Waals surface area contributed by atoms with Gasteiger partial charge in [-0.1, -0.05) is 0 Å². The van der Waals surface area contributed by atoms with E-state index in [1.54, 1.807) is 4.90 Å². The number of ether oxygens (including phenoxy) is 1. The van der Waals surface area contributed by atoms with Crippen LogP contribution < -0.4 is 15.0 Å². The van der Waals surface area contributed by atoms with E-state index in [2.05, 4.69) is 10.3 Å². The van der Waals surface area contributed by atoms with Crippen LogP contribution in [0.3, 0.4) is 0 Å². The van der Waals surface area contributed by atoms with Gasteiger partial charge in [0.25, 0.3) is 0 Å². The van der Waals surface area contributed by atoms with Crippen molar-refractivity contribution in [3.63, 3.8) is 0 Å². The molecule has 0 aliphatic carbocycles. The summed E-state index contributed by atoms with van der Waals surface area (Å²) in [4.78, 5) is 27.6. The van der Waals surface area contributed by atoms with Gasteiger partial charge in [-0.05, 0) is 6.42 Å². The van der Waals surface area contributed by atoms with Gasteiger partial charge >= 0.3 is 5.69 Å². The lowest BCUT2D eigenvalue weighted by molar-refractivity contribution is -0.384. The quantitative estimate of drug-likeness (QED) is 0.644. The molecule has 1 N–H and O–H groups in total. The lowest BCUT2D eigenvalue weighted by atomic mass is 10.2. The standard InChI is InChI=1S/C12H16N4O4/c1-8(17)13-9-5-6-15(7-9)12-10(16(18)19)3-4-11(14-12)20-2/h3-4,9H,5-7H2,1-2H3,(H,13,17). The molecule has 1 atom stereocenters. The predicted molar refractivity (Wildman–Crippen MR) is 71.9 cm³/mol. The Morgan fingerprint density at radius 1 is 1.60 bits per heavy atom. The first-order valence-corrected chi connectivity index (χ1v) is 6.22. The highest BCUT2D eigenvalue weighted by atomic mass is 16.6. The van der Waals surface area contributed by atoms with Crippen LogP contribution in [0, 0.1) is 10.1 Å². The zero-order valence-electron chi connectivity index (χ0n) is 11.3. The smallest absolute Gasteiger partial charge is 0.311 e. The van der Waals surface area contributed by atoms with E-state index in [-0.39, 0.29) is 23.5 Å². The van der Waals surface area contributed by atoms with Crippen molar-refractivity contribution >= 4 is 17.4 Å². The summed E-state index contributed by atoms with van der Waals surface area (Å²) in [5.41, 5.74) is -0.0609. The van der Waals surface area contributed by atoms with Gasteiger partial charge < -0.3 is 15.0 Å². The minimum atomic E-state index is -0.465. The summed E-state index contributed by atoms with van der Waals surface area (Å²) in [5, 5.41) is 13.9. The predicted octanol–water partition coefficient (Wildman–Crippen LogP) is 0.713. The first kappa shape index (κ1) is 14.0. The summed E-state index contributed by atoms with van der Waals surface area (Å²) < 4.78 is 5.01. The molecule has 0 spiro atoms. The molecule has 1 aromatic heterocycles. The van der Waals surface area contributed by atoms with Crippen molar-refractivity contribution in [3.8, 4) is 5.88 Å². The number of hydrogen-bond acceptors (Lipinski definition) is 6. The fourth-order valence-corrected chi connectivity index (χ4v) is 2.27. The Bertz CT molecular complexity index is 534. The zero-order valence-corrected chi connectivity index (χ0v) is 11.3. The fourth-order valence-electron chi connectivity index (χ4n) is 2.27. The number of methoxy groups -OCH3 is 1. The van der Waals surface area contributed by atoms with Gasteiger partial charge in [-0.3, -0.25) is 14.9 Å². The summed E-state index contributed by atoms with van der Waals surface area (Å²) >= 11 is 0. The number of anilines is 1. The second-order valence-electron chi connectivity index (χ2n) is 4.59. The number of carbonyl (C=O) groups is 1. The molecule has 8 nitrogen and oxygen atoms in total. The Kier molecular flexibility index (Phi) is 4.02. The minimum absolute atomic E-state index is 0.0138. The number of pyridine rings is 1. The molecule has 0 bridgehead atoms. The number of rotatable bonds is 4. The highest BCUT2D eigenvalue weighted by Crippen LogP contribution is 2.30. The Labute approximate surface area is 115 Å². The van der Waals surface area contributed by atoms with Crippen molar-refractivity contribution in [1.82, 2.24) is 10.3 Å². The van der Waals surface area contributed by atoms with Gasteiger partial charge in [0.1, 0.15) is 0 Å². The van der Waals surface area contributed by atoms with Gasteiger partial charge in [0.15, 0.2) is 0 Å². The van der Waals surface area contributed by atoms with Crippen LogP contribution >= 0.6 is 0 Å². The van der Waals surface area contributed by atoms with E-state index in [4.69, 9.17) is 4.74 Å². The first-order valence-electron chi connectivity index (χ1n) is 6.22. The molecule has 1 aromatic rings. The molecule has 1 amide bonds. The monoisotopic (exact) mass is 280 g/mol. The Hall–Kier alpha value is -2.38. The van der Waals surface area contributed by atoms with E-state index in [0.717, 1.165) is 6.42 Å². The zero-order chi connectivity index (χ0) is 14.7. The maximum atomic E-state index is 11.1. The fraction of sp³-hybridized carbons (Fsp3) is 0.500. The normalized spacial score (nSPS) is 17.9. The van der Waals surface area contributed by atoms with E-state index < -0.39 is 4.92 Å². The number of hydrogen-bond donors (Lipinski definition) is 1. The van der Waals surface area contributed by atoms with Crippen LogP contribution in [0.4, 0.5) is 11.5 Å². The van der Waals surface area contributed by atoms with Crippen molar-refractivity contribution in [2.75, 3.05) is 25.1 Å². The second kappa shape index (κ2) is 5.72. The average molecular weight is 280 g/mol. The largest absolute Gasteiger partial charge is 0.481 e. The number of nitro groups is 1. The van der Waals surface area contributed by atoms with Crippen molar-refractivity contribution in [3.05, 3.63) is 22.2 Å². The molecule has 2 rings (SSSR count). The topological polar surface area (TPSA) is 97.6 Å². The molecule has 0 aromatic carbocycles. The lowest BCUT2D eigenvalue weighted by Gasteiger charge is -2.18. The van der Waals surface area contributed by atoms with Gasteiger partial charge in [0, 0.05) is 38.2 Å². The Balaban J connectivity index is 2.23. The van der Waals surface area contributed by atoms with E-state index in [1.165, 1.54) is 26.2 Å². The number of aromatic nitrogens is 1. The average Bonchev–Trinajstić information content (AvgIpc) is 2.85. The molecule has 20 heavy (non-hydrogen) atoms. The Morgan fingerprint density at radius 3 is 2.95 bits per heavy atom. The molecule has 1 fully saturated rings. The number of nitrogens with zero attached hydrogens (tertiary/aromatic N) is 3. The molecule has 108 valence electrons. The molecule has 1 saturated heterocycles. The number of carbonyl (C=O) groups excluding carboxylic acids is 1. The molecule has 1 aliphatic rings. The van der Waals surface area contributed by atoms with Crippen LogP contribution in [0.5, 0.6) is 5.88 Å². The third-order valence-corrected chi connectivity index (χ3v) is 3.13. The van der Waals surface area contributed by atoms with E-state index in [9.17, 15) is 14.9 Å². The number of amides is 1. The molecule has 2 heterocycles. The molecule has 8 heteroatoms. The van der Waals surface area contributed by atoms with E-state index in [0.29, 0.717) is 19.0 Å². The Morgan fingerprint density at radius 2 is 2.35 bits per heavy atom. The van der Waals surface area contributed by atoms with Gasteiger partial charge in [-0.25, -0.2) is 0 Å². The minimum Gasteiger partial charge on any atom is -0.481 e. The summed E-state index contributed by atoms with van der Waals surface area (Å²) in [6.07, 6.45) is 0.732. The van der Waals surface area contributed by atoms with Crippen LogP contribution in [0.2, 0.25) is 0 Å². The van der Waals surface area contributed by atoms with Gasteiger partial charge in [0.05, 0.1) is 12.0 Å².